The molecule has 5 heteroatoms. The summed E-state index contributed by atoms with van der Waals surface area (Å²) >= 11 is 6.05. The van der Waals surface area contributed by atoms with Crippen molar-refractivity contribution in [3.05, 3.63) is 65.1 Å². The van der Waals surface area contributed by atoms with E-state index in [2.05, 4.69) is 31.1 Å². The Morgan fingerprint density at radius 1 is 1.00 bits per heavy atom. The molecule has 28 heavy (non-hydrogen) atoms. The van der Waals surface area contributed by atoms with Crippen LogP contribution in [-0.4, -0.2) is 15.0 Å². The van der Waals surface area contributed by atoms with E-state index in [1.54, 1.807) is 12.4 Å². The number of nitrogens with zero attached hydrogens (tertiary/aromatic N) is 3. The molecule has 1 atom stereocenters. The smallest absolute Gasteiger partial charge is 0.161 e. The second kappa shape index (κ2) is 7.51. The molecule has 0 fully saturated rings. The predicted molar refractivity (Wildman–Crippen MR) is 115 cm³/mol. The van der Waals surface area contributed by atoms with Crippen LogP contribution in [0.3, 0.4) is 0 Å². The number of hydrogen-bond donors (Lipinski definition) is 1. The molecule has 144 valence electrons. The van der Waals surface area contributed by atoms with Crippen LogP contribution in [0.1, 0.15) is 38.4 Å². The first-order valence-electron chi connectivity index (χ1n) is 9.73. The van der Waals surface area contributed by atoms with Crippen molar-refractivity contribution in [2.75, 3.05) is 5.32 Å². The Morgan fingerprint density at radius 2 is 1.71 bits per heavy atom. The summed E-state index contributed by atoms with van der Waals surface area (Å²) in [4.78, 5) is 13.9. The number of pyridine rings is 1. The fourth-order valence-corrected chi connectivity index (χ4v) is 3.88. The summed E-state index contributed by atoms with van der Waals surface area (Å²) in [6, 6.07) is 11.6. The number of hydrogen-bond acceptors (Lipinski definition) is 4. The summed E-state index contributed by atoms with van der Waals surface area (Å²) in [6.07, 6.45) is 6.68. The molecule has 0 saturated heterocycles. The number of benzene rings is 1. The van der Waals surface area contributed by atoms with Crippen molar-refractivity contribution in [2.45, 2.75) is 40.0 Å². The van der Waals surface area contributed by atoms with Gasteiger partial charge in [0.25, 0.3) is 0 Å². The molecule has 3 aromatic rings. The lowest BCUT2D eigenvalue weighted by Crippen LogP contribution is -2.28. The van der Waals surface area contributed by atoms with Crippen LogP contribution in [0.5, 0.6) is 0 Å². The van der Waals surface area contributed by atoms with Crippen LogP contribution in [0.15, 0.2) is 48.8 Å². The Bertz CT molecular complexity index is 962. The highest BCUT2D eigenvalue weighted by molar-refractivity contribution is 6.30. The minimum atomic E-state index is 0.263. The van der Waals surface area contributed by atoms with Crippen molar-refractivity contribution >= 4 is 23.1 Å². The molecule has 4 nitrogen and oxygen atoms in total. The summed E-state index contributed by atoms with van der Waals surface area (Å²) < 4.78 is 0. The number of aryl methyl sites for hydroxylation is 1. The Morgan fingerprint density at radius 3 is 2.39 bits per heavy atom. The molecule has 2 aromatic heterocycles. The Balaban J connectivity index is 1.77. The van der Waals surface area contributed by atoms with Crippen LogP contribution in [0.25, 0.3) is 11.4 Å². The molecule has 2 heterocycles. The third-order valence-corrected chi connectivity index (χ3v) is 5.80. The molecule has 0 spiro atoms. The van der Waals surface area contributed by atoms with Gasteiger partial charge in [-0.1, -0.05) is 32.4 Å². The minimum Gasteiger partial charge on any atom is -0.340 e. The van der Waals surface area contributed by atoms with Gasteiger partial charge in [0.1, 0.15) is 5.82 Å². The van der Waals surface area contributed by atoms with E-state index >= 15 is 0 Å². The summed E-state index contributed by atoms with van der Waals surface area (Å²) in [6.45, 7) is 6.96. The second-order valence-electron chi connectivity index (χ2n) is 8.49. The van der Waals surface area contributed by atoms with Crippen LogP contribution in [-0.2, 0) is 12.8 Å². The van der Waals surface area contributed by atoms with Crippen molar-refractivity contribution in [3.63, 3.8) is 0 Å². The topological polar surface area (TPSA) is 50.7 Å². The molecule has 0 saturated carbocycles. The zero-order chi connectivity index (χ0) is 19.7. The molecule has 0 radical (unpaired) electrons. The largest absolute Gasteiger partial charge is 0.340 e. The molecular weight excluding hydrogens is 368 g/mol. The van der Waals surface area contributed by atoms with Gasteiger partial charge in [0.15, 0.2) is 5.82 Å². The molecule has 0 aliphatic heterocycles. The molecule has 1 aliphatic carbocycles. The molecule has 1 unspecified atom stereocenters. The van der Waals surface area contributed by atoms with Crippen LogP contribution in [0, 0.1) is 11.3 Å². The van der Waals surface area contributed by atoms with Gasteiger partial charge in [-0.2, -0.15) is 0 Å². The van der Waals surface area contributed by atoms with Crippen molar-refractivity contribution in [3.8, 4) is 11.4 Å². The van der Waals surface area contributed by atoms with Crippen molar-refractivity contribution in [1.82, 2.24) is 15.0 Å². The number of nitrogens with one attached hydrogen (secondary N) is 1. The maximum Gasteiger partial charge on any atom is 0.161 e. The minimum absolute atomic E-state index is 0.263. The number of aromatic nitrogens is 3. The molecular formula is C23H25ClN4. The fraction of sp³-hybridized carbons (Fsp3) is 0.348. The van der Waals surface area contributed by atoms with Crippen molar-refractivity contribution in [1.29, 1.82) is 0 Å². The highest BCUT2D eigenvalue weighted by atomic mass is 35.5. The van der Waals surface area contributed by atoms with Gasteiger partial charge in [0, 0.05) is 39.9 Å². The van der Waals surface area contributed by atoms with Gasteiger partial charge in [-0.25, -0.2) is 9.97 Å². The Labute approximate surface area is 171 Å². The zero-order valence-corrected chi connectivity index (χ0v) is 17.3. The summed E-state index contributed by atoms with van der Waals surface area (Å²) in [5, 5.41) is 4.24. The highest BCUT2D eigenvalue weighted by Crippen LogP contribution is 2.39. The molecule has 0 amide bonds. The van der Waals surface area contributed by atoms with Crippen LogP contribution in [0.2, 0.25) is 5.02 Å². The van der Waals surface area contributed by atoms with Crippen molar-refractivity contribution < 1.29 is 0 Å². The zero-order valence-electron chi connectivity index (χ0n) is 16.5. The van der Waals surface area contributed by atoms with Gasteiger partial charge in [-0.3, -0.25) is 4.98 Å². The fourth-order valence-electron chi connectivity index (χ4n) is 3.75. The molecule has 1 aromatic carbocycles. The van der Waals surface area contributed by atoms with Gasteiger partial charge in [-0.15, -0.1) is 0 Å². The summed E-state index contributed by atoms with van der Waals surface area (Å²) in [5.41, 5.74) is 4.61. The average molecular weight is 393 g/mol. The SMILES string of the molecule is CC(C)(C)C1CCc2nc(-c3ccncc3)nc(Nc3ccc(Cl)cc3)c2C1. The van der Waals surface area contributed by atoms with E-state index in [4.69, 9.17) is 21.6 Å². The van der Waals surface area contributed by atoms with Gasteiger partial charge in [0.2, 0.25) is 0 Å². The first-order chi connectivity index (χ1) is 13.4. The van der Waals surface area contributed by atoms with Crippen LogP contribution in [0.4, 0.5) is 11.5 Å². The van der Waals surface area contributed by atoms with Crippen molar-refractivity contribution in [2.24, 2.45) is 11.3 Å². The lowest BCUT2D eigenvalue weighted by atomic mass is 9.71. The first kappa shape index (κ1) is 18.9. The monoisotopic (exact) mass is 392 g/mol. The quantitative estimate of drug-likeness (QED) is 0.586. The van der Waals surface area contributed by atoms with E-state index in [0.717, 1.165) is 52.9 Å². The van der Waals surface area contributed by atoms with Gasteiger partial charge in [0.05, 0.1) is 0 Å². The number of anilines is 2. The third-order valence-electron chi connectivity index (χ3n) is 5.54. The Hall–Kier alpha value is -2.46. The molecule has 1 N–H and O–H groups in total. The number of rotatable bonds is 3. The summed E-state index contributed by atoms with van der Waals surface area (Å²) in [5.74, 6) is 2.25. The first-order valence-corrected chi connectivity index (χ1v) is 10.1. The van der Waals surface area contributed by atoms with E-state index in [1.807, 2.05) is 36.4 Å². The predicted octanol–water partition coefficient (Wildman–Crippen LogP) is 6.09. The highest BCUT2D eigenvalue weighted by Gasteiger charge is 2.31. The van der Waals surface area contributed by atoms with Crippen LogP contribution < -0.4 is 5.32 Å². The maximum absolute atomic E-state index is 6.05. The van der Waals surface area contributed by atoms with E-state index in [1.165, 1.54) is 5.56 Å². The number of halogens is 1. The second-order valence-corrected chi connectivity index (χ2v) is 8.93. The van der Waals surface area contributed by atoms with Crippen LogP contribution >= 0.6 is 11.6 Å². The van der Waals surface area contributed by atoms with E-state index in [-0.39, 0.29) is 5.41 Å². The van der Waals surface area contributed by atoms with E-state index < -0.39 is 0 Å². The Kier molecular flexibility index (Phi) is 5.07. The van der Waals surface area contributed by atoms with Gasteiger partial charge in [-0.05, 0) is 67.0 Å². The molecule has 1 aliphatic rings. The molecule has 0 bridgehead atoms. The molecule has 4 rings (SSSR count). The number of fused-ring (bicyclic) bond motifs is 1. The van der Waals surface area contributed by atoms with Gasteiger partial charge < -0.3 is 5.32 Å². The normalized spacial score (nSPS) is 16.5. The third kappa shape index (κ3) is 4.02. The lowest BCUT2D eigenvalue weighted by Gasteiger charge is -2.35. The van der Waals surface area contributed by atoms with Gasteiger partial charge >= 0.3 is 0 Å². The standard InChI is InChI=1S/C23H25ClN4/c1-23(2,3)16-4-9-20-19(14-16)22(26-18-7-5-17(24)6-8-18)28-21(27-20)15-10-12-25-13-11-15/h5-8,10-13,16H,4,9,14H2,1-3H3,(H,26,27,28). The average Bonchev–Trinajstić information content (AvgIpc) is 2.69. The maximum atomic E-state index is 6.05. The van der Waals surface area contributed by atoms with E-state index in [9.17, 15) is 0 Å². The summed E-state index contributed by atoms with van der Waals surface area (Å²) in [7, 11) is 0. The van der Waals surface area contributed by atoms with E-state index in [0.29, 0.717) is 5.92 Å². The lowest BCUT2D eigenvalue weighted by molar-refractivity contribution is 0.215.